The summed E-state index contributed by atoms with van der Waals surface area (Å²) in [6, 6.07) is 7.76. The van der Waals surface area contributed by atoms with Gasteiger partial charge in [0.05, 0.1) is 35.4 Å². The molecule has 3 rings (SSSR count). The number of hydrogen-bond acceptors (Lipinski definition) is 3. The lowest BCUT2D eigenvalue weighted by Crippen LogP contribution is -2.41. The Morgan fingerprint density at radius 1 is 1.27 bits per heavy atom. The number of carbonyl (C=O) groups is 1. The SMILES string of the molecule is O=C1CC(c2cnc3ccccc3n2)N1. The van der Waals surface area contributed by atoms with Crippen molar-refractivity contribution in [1.29, 1.82) is 0 Å². The minimum absolute atomic E-state index is 0.0506. The highest BCUT2D eigenvalue weighted by Gasteiger charge is 2.28. The van der Waals surface area contributed by atoms with Gasteiger partial charge in [-0.15, -0.1) is 0 Å². The van der Waals surface area contributed by atoms with Crippen LogP contribution in [0.5, 0.6) is 0 Å². The van der Waals surface area contributed by atoms with E-state index >= 15 is 0 Å². The fraction of sp³-hybridized carbons (Fsp3) is 0.182. The summed E-state index contributed by atoms with van der Waals surface area (Å²) in [4.78, 5) is 19.5. The Balaban J connectivity index is 2.03. The standard InChI is InChI=1S/C11H9N3O/c15-11-5-9(14-11)10-6-12-7-3-1-2-4-8(7)13-10/h1-4,6,9H,5H2,(H,14,15). The van der Waals surface area contributed by atoms with Crippen molar-refractivity contribution in [3.8, 4) is 0 Å². The van der Waals surface area contributed by atoms with Gasteiger partial charge in [0.25, 0.3) is 0 Å². The average molecular weight is 199 g/mol. The third-order valence-corrected chi connectivity index (χ3v) is 2.55. The van der Waals surface area contributed by atoms with E-state index in [1.165, 1.54) is 0 Å². The van der Waals surface area contributed by atoms with E-state index in [9.17, 15) is 4.79 Å². The van der Waals surface area contributed by atoms with Crippen LogP contribution in [0, 0.1) is 0 Å². The third kappa shape index (κ3) is 1.34. The molecule has 0 spiro atoms. The second kappa shape index (κ2) is 3.02. The number of benzene rings is 1. The Morgan fingerprint density at radius 3 is 2.73 bits per heavy atom. The molecule has 4 heteroatoms. The highest BCUT2D eigenvalue weighted by molar-refractivity contribution is 5.83. The van der Waals surface area contributed by atoms with Crippen molar-refractivity contribution in [2.75, 3.05) is 0 Å². The van der Waals surface area contributed by atoms with Gasteiger partial charge in [-0.05, 0) is 12.1 Å². The summed E-state index contributed by atoms with van der Waals surface area (Å²) in [5.74, 6) is 0.0787. The summed E-state index contributed by atoms with van der Waals surface area (Å²) in [5, 5.41) is 2.78. The van der Waals surface area contributed by atoms with Crippen molar-refractivity contribution >= 4 is 16.9 Å². The fourth-order valence-corrected chi connectivity index (χ4v) is 1.68. The molecule has 1 saturated heterocycles. The topological polar surface area (TPSA) is 54.9 Å². The number of aromatic nitrogens is 2. The molecular weight excluding hydrogens is 190 g/mol. The maximum atomic E-state index is 10.8. The van der Waals surface area contributed by atoms with Crippen molar-refractivity contribution in [2.24, 2.45) is 0 Å². The summed E-state index contributed by atoms with van der Waals surface area (Å²) in [6.07, 6.45) is 2.25. The number of hydrogen-bond donors (Lipinski definition) is 1. The number of rotatable bonds is 1. The zero-order valence-corrected chi connectivity index (χ0v) is 7.97. The van der Waals surface area contributed by atoms with Crippen LogP contribution in [0.2, 0.25) is 0 Å². The highest BCUT2D eigenvalue weighted by Crippen LogP contribution is 2.22. The van der Waals surface area contributed by atoms with Crippen LogP contribution in [-0.2, 0) is 4.79 Å². The van der Waals surface area contributed by atoms with Crippen molar-refractivity contribution in [2.45, 2.75) is 12.5 Å². The molecule has 1 aromatic heterocycles. The maximum Gasteiger partial charge on any atom is 0.223 e. The molecule has 1 aromatic carbocycles. The molecular formula is C11H9N3O. The predicted molar refractivity (Wildman–Crippen MR) is 55.0 cm³/mol. The van der Waals surface area contributed by atoms with E-state index in [0.29, 0.717) is 6.42 Å². The molecule has 1 aliphatic rings. The minimum atomic E-state index is 0.0506. The molecule has 1 amide bonds. The number of para-hydroxylation sites is 2. The van der Waals surface area contributed by atoms with Crippen molar-refractivity contribution in [3.05, 3.63) is 36.2 Å². The van der Waals surface area contributed by atoms with Gasteiger partial charge in [0.1, 0.15) is 0 Å². The number of amides is 1. The van der Waals surface area contributed by atoms with Gasteiger partial charge in [0.2, 0.25) is 5.91 Å². The summed E-state index contributed by atoms with van der Waals surface area (Å²) in [6.45, 7) is 0. The number of carbonyl (C=O) groups excluding carboxylic acids is 1. The van der Waals surface area contributed by atoms with E-state index in [2.05, 4.69) is 15.3 Å². The number of nitrogens with zero attached hydrogens (tertiary/aromatic N) is 2. The molecule has 74 valence electrons. The Morgan fingerprint density at radius 2 is 2.00 bits per heavy atom. The first-order chi connectivity index (χ1) is 7.33. The van der Waals surface area contributed by atoms with Crippen LogP contribution in [0.3, 0.4) is 0 Å². The van der Waals surface area contributed by atoms with Crippen LogP contribution in [-0.4, -0.2) is 15.9 Å². The van der Waals surface area contributed by atoms with Crippen LogP contribution < -0.4 is 5.32 Å². The van der Waals surface area contributed by atoms with E-state index in [1.807, 2.05) is 24.3 Å². The smallest absolute Gasteiger partial charge is 0.223 e. The van der Waals surface area contributed by atoms with Crippen LogP contribution >= 0.6 is 0 Å². The first-order valence-electron chi connectivity index (χ1n) is 4.84. The second-order valence-electron chi connectivity index (χ2n) is 3.61. The largest absolute Gasteiger partial charge is 0.347 e. The van der Waals surface area contributed by atoms with E-state index in [0.717, 1.165) is 16.7 Å². The molecule has 15 heavy (non-hydrogen) atoms. The van der Waals surface area contributed by atoms with Gasteiger partial charge in [0, 0.05) is 0 Å². The van der Waals surface area contributed by atoms with Crippen LogP contribution in [0.25, 0.3) is 11.0 Å². The highest BCUT2D eigenvalue weighted by atomic mass is 16.2. The quantitative estimate of drug-likeness (QED) is 0.702. The molecule has 0 aliphatic carbocycles. The first kappa shape index (κ1) is 8.35. The summed E-state index contributed by atoms with van der Waals surface area (Å²) >= 11 is 0. The maximum absolute atomic E-state index is 10.8. The van der Waals surface area contributed by atoms with E-state index in [4.69, 9.17) is 0 Å². The molecule has 1 N–H and O–H groups in total. The zero-order valence-electron chi connectivity index (χ0n) is 7.97. The number of β-lactam (4-membered cyclic amide) rings is 1. The molecule has 1 fully saturated rings. The normalized spacial score (nSPS) is 19.7. The molecule has 1 atom stereocenters. The average Bonchev–Trinajstić information content (AvgIpc) is 2.24. The van der Waals surface area contributed by atoms with Gasteiger partial charge in [0.15, 0.2) is 0 Å². The predicted octanol–water partition coefficient (Wildman–Crippen LogP) is 1.19. The summed E-state index contributed by atoms with van der Waals surface area (Å²) in [5.41, 5.74) is 2.59. The monoisotopic (exact) mass is 199 g/mol. The zero-order chi connectivity index (χ0) is 10.3. The van der Waals surface area contributed by atoms with Crippen molar-refractivity contribution in [1.82, 2.24) is 15.3 Å². The Hall–Kier alpha value is -1.97. The molecule has 1 aliphatic heterocycles. The summed E-state index contributed by atoms with van der Waals surface area (Å²) in [7, 11) is 0. The first-order valence-corrected chi connectivity index (χ1v) is 4.84. The third-order valence-electron chi connectivity index (χ3n) is 2.55. The minimum Gasteiger partial charge on any atom is -0.347 e. The van der Waals surface area contributed by atoms with Gasteiger partial charge in [-0.2, -0.15) is 0 Å². The van der Waals surface area contributed by atoms with Crippen molar-refractivity contribution in [3.63, 3.8) is 0 Å². The van der Waals surface area contributed by atoms with E-state index in [-0.39, 0.29) is 11.9 Å². The van der Waals surface area contributed by atoms with Gasteiger partial charge in [-0.3, -0.25) is 9.78 Å². The Kier molecular flexibility index (Phi) is 1.68. The van der Waals surface area contributed by atoms with Crippen molar-refractivity contribution < 1.29 is 4.79 Å². The summed E-state index contributed by atoms with van der Waals surface area (Å²) < 4.78 is 0. The molecule has 1 unspecified atom stereocenters. The Labute approximate surface area is 86.4 Å². The lowest BCUT2D eigenvalue weighted by atomic mass is 10.0. The molecule has 2 heterocycles. The van der Waals surface area contributed by atoms with Gasteiger partial charge in [-0.1, -0.05) is 12.1 Å². The lowest BCUT2D eigenvalue weighted by molar-refractivity contribution is -0.128. The fourth-order valence-electron chi connectivity index (χ4n) is 1.68. The number of nitrogens with one attached hydrogen (secondary N) is 1. The lowest BCUT2D eigenvalue weighted by Gasteiger charge is -2.25. The van der Waals surface area contributed by atoms with Crippen LogP contribution in [0.4, 0.5) is 0 Å². The number of fused-ring (bicyclic) bond motifs is 1. The molecule has 0 radical (unpaired) electrons. The van der Waals surface area contributed by atoms with E-state index in [1.54, 1.807) is 6.20 Å². The van der Waals surface area contributed by atoms with Gasteiger partial charge in [-0.25, -0.2) is 4.98 Å². The Bertz CT molecular complexity index is 530. The molecule has 0 bridgehead atoms. The molecule has 0 saturated carbocycles. The molecule has 2 aromatic rings. The second-order valence-corrected chi connectivity index (χ2v) is 3.61. The van der Waals surface area contributed by atoms with Gasteiger partial charge < -0.3 is 5.32 Å². The van der Waals surface area contributed by atoms with E-state index < -0.39 is 0 Å². The van der Waals surface area contributed by atoms with Crippen LogP contribution in [0.1, 0.15) is 18.2 Å². The van der Waals surface area contributed by atoms with Crippen LogP contribution in [0.15, 0.2) is 30.5 Å². The molecule has 4 nitrogen and oxygen atoms in total. The van der Waals surface area contributed by atoms with Gasteiger partial charge >= 0.3 is 0 Å².